The zero-order chi connectivity index (χ0) is 14.3. The molecule has 1 rings (SSSR count). The molecule has 1 heterocycles. The molecule has 0 bridgehead atoms. The quantitative estimate of drug-likeness (QED) is 0.744. The van der Waals surface area contributed by atoms with Gasteiger partial charge in [-0.25, -0.2) is 4.68 Å². The molecule has 6 nitrogen and oxygen atoms in total. The van der Waals surface area contributed by atoms with Gasteiger partial charge in [0.1, 0.15) is 4.47 Å². The number of ether oxygens (including phenoxy) is 1. The van der Waals surface area contributed by atoms with E-state index in [1.165, 1.54) is 4.68 Å². The molecule has 0 radical (unpaired) electrons. The minimum absolute atomic E-state index is 0.168. The van der Waals surface area contributed by atoms with Gasteiger partial charge in [-0.1, -0.05) is 6.92 Å². The molecule has 0 saturated carbocycles. The fourth-order valence-electron chi connectivity index (χ4n) is 1.53. The van der Waals surface area contributed by atoms with Gasteiger partial charge in [-0.05, 0) is 28.3 Å². The molecule has 1 aromatic heterocycles. The number of aliphatic hydroxyl groups excluding tert-OH is 1. The zero-order valence-corrected chi connectivity index (χ0v) is 12.8. The van der Waals surface area contributed by atoms with Gasteiger partial charge < -0.3 is 15.2 Å². The summed E-state index contributed by atoms with van der Waals surface area (Å²) in [6.45, 7) is 3.75. The van der Waals surface area contributed by atoms with Crippen molar-refractivity contribution in [1.82, 2.24) is 9.78 Å². The van der Waals surface area contributed by atoms with E-state index in [0.29, 0.717) is 35.8 Å². The summed E-state index contributed by atoms with van der Waals surface area (Å²) in [5.41, 5.74) is 0.486. The van der Waals surface area contributed by atoms with Gasteiger partial charge in [-0.3, -0.25) is 4.79 Å². The predicted octanol–water partition coefficient (Wildman–Crippen LogP) is 1.08. The lowest BCUT2D eigenvalue weighted by molar-refractivity contribution is 0.181. The molecule has 0 saturated heterocycles. The summed E-state index contributed by atoms with van der Waals surface area (Å²) < 4.78 is 6.75. The molecular weight excluding hydrogens is 314 g/mol. The van der Waals surface area contributed by atoms with Crippen molar-refractivity contribution >= 4 is 21.6 Å². The summed E-state index contributed by atoms with van der Waals surface area (Å²) in [4.78, 5) is 12.0. The van der Waals surface area contributed by atoms with Crippen LogP contribution in [0.25, 0.3) is 0 Å². The lowest BCUT2D eigenvalue weighted by Gasteiger charge is -2.13. The van der Waals surface area contributed by atoms with E-state index in [2.05, 4.69) is 26.3 Å². The van der Waals surface area contributed by atoms with Crippen molar-refractivity contribution < 1.29 is 9.84 Å². The SMILES string of the molecule is COCCn1ncc(NCC(C)CCO)c(Br)c1=O. The zero-order valence-electron chi connectivity index (χ0n) is 11.2. The van der Waals surface area contributed by atoms with Crippen molar-refractivity contribution in [2.45, 2.75) is 19.9 Å². The van der Waals surface area contributed by atoms with E-state index in [0.717, 1.165) is 6.42 Å². The number of methoxy groups -OCH3 is 1. The molecule has 0 amide bonds. The molecule has 0 aromatic carbocycles. The third kappa shape index (κ3) is 4.93. The number of nitrogens with zero attached hydrogens (tertiary/aromatic N) is 2. The summed E-state index contributed by atoms with van der Waals surface area (Å²) in [6, 6.07) is 0. The minimum atomic E-state index is -0.183. The van der Waals surface area contributed by atoms with Crippen LogP contribution in [0.1, 0.15) is 13.3 Å². The number of anilines is 1. The maximum absolute atomic E-state index is 12.0. The molecule has 1 aromatic rings. The predicted molar refractivity (Wildman–Crippen MR) is 77.4 cm³/mol. The fourth-order valence-corrected chi connectivity index (χ4v) is 1.98. The van der Waals surface area contributed by atoms with Crippen LogP contribution in [0.2, 0.25) is 0 Å². The molecular formula is C12H20BrN3O3. The van der Waals surface area contributed by atoms with Crippen molar-refractivity contribution in [3.8, 4) is 0 Å². The van der Waals surface area contributed by atoms with Crippen LogP contribution in [0.5, 0.6) is 0 Å². The summed E-state index contributed by atoms with van der Waals surface area (Å²) in [6.07, 6.45) is 2.34. The van der Waals surface area contributed by atoms with Crippen LogP contribution >= 0.6 is 15.9 Å². The summed E-state index contributed by atoms with van der Waals surface area (Å²) in [5, 5.41) is 16.1. The van der Waals surface area contributed by atoms with Crippen molar-refractivity contribution in [3.63, 3.8) is 0 Å². The van der Waals surface area contributed by atoms with Crippen molar-refractivity contribution in [2.24, 2.45) is 5.92 Å². The number of aromatic nitrogens is 2. The lowest BCUT2D eigenvalue weighted by atomic mass is 10.1. The van der Waals surface area contributed by atoms with Gasteiger partial charge in [-0.15, -0.1) is 0 Å². The van der Waals surface area contributed by atoms with Crippen molar-refractivity contribution in [1.29, 1.82) is 0 Å². The van der Waals surface area contributed by atoms with Crippen molar-refractivity contribution in [2.75, 3.05) is 32.2 Å². The number of rotatable bonds is 8. The summed E-state index contributed by atoms with van der Waals surface area (Å²) in [7, 11) is 1.58. The molecule has 108 valence electrons. The average molecular weight is 334 g/mol. The number of nitrogens with one attached hydrogen (secondary N) is 1. The Bertz CT molecular complexity index is 450. The first-order valence-corrected chi connectivity index (χ1v) is 6.98. The number of halogens is 1. The van der Waals surface area contributed by atoms with Crippen molar-refractivity contribution in [3.05, 3.63) is 21.0 Å². The molecule has 7 heteroatoms. The molecule has 2 N–H and O–H groups in total. The Morgan fingerprint density at radius 3 is 3.00 bits per heavy atom. The third-order valence-electron chi connectivity index (χ3n) is 2.75. The van der Waals surface area contributed by atoms with Crippen LogP contribution < -0.4 is 10.9 Å². The topological polar surface area (TPSA) is 76.4 Å². The molecule has 0 fully saturated rings. The highest BCUT2D eigenvalue weighted by Crippen LogP contribution is 2.16. The third-order valence-corrected chi connectivity index (χ3v) is 3.52. The van der Waals surface area contributed by atoms with Crippen LogP contribution in [0.15, 0.2) is 15.5 Å². The second kappa shape index (κ2) is 8.29. The number of hydrogen-bond donors (Lipinski definition) is 2. The maximum atomic E-state index is 12.0. The molecule has 0 aliphatic heterocycles. The standard InChI is InChI=1S/C12H20BrN3O3/c1-9(3-5-17)7-14-10-8-15-16(4-6-19-2)12(18)11(10)13/h8-9,14,17H,3-7H2,1-2H3. The van der Waals surface area contributed by atoms with E-state index < -0.39 is 0 Å². The largest absolute Gasteiger partial charge is 0.396 e. The molecule has 19 heavy (non-hydrogen) atoms. The normalized spacial score (nSPS) is 12.4. The van der Waals surface area contributed by atoms with E-state index in [1.807, 2.05) is 6.92 Å². The van der Waals surface area contributed by atoms with Gasteiger partial charge in [0.15, 0.2) is 0 Å². The maximum Gasteiger partial charge on any atom is 0.283 e. The van der Waals surface area contributed by atoms with Crippen LogP contribution in [0.4, 0.5) is 5.69 Å². The Labute approximate surface area is 120 Å². The van der Waals surface area contributed by atoms with E-state index in [-0.39, 0.29) is 12.2 Å². The van der Waals surface area contributed by atoms with Gasteiger partial charge in [0.05, 0.1) is 25.0 Å². The van der Waals surface area contributed by atoms with E-state index in [1.54, 1.807) is 13.3 Å². The van der Waals surface area contributed by atoms with E-state index in [9.17, 15) is 4.79 Å². The van der Waals surface area contributed by atoms with E-state index in [4.69, 9.17) is 9.84 Å². The summed E-state index contributed by atoms with van der Waals surface area (Å²) in [5.74, 6) is 0.327. The molecule has 0 aliphatic carbocycles. The van der Waals surface area contributed by atoms with Crippen LogP contribution in [0.3, 0.4) is 0 Å². The van der Waals surface area contributed by atoms with E-state index >= 15 is 0 Å². The Hall–Kier alpha value is -0.920. The first-order valence-electron chi connectivity index (χ1n) is 6.19. The summed E-state index contributed by atoms with van der Waals surface area (Å²) >= 11 is 3.29. The molecule has 1 unspecified atom stereocenters. The van der Waals surface area contributed by atoms with Gasteiger partial charge >= 0.3 is 0 Å². The highest BCUT2D eigenvalue weighted by atomic mass is 79.9. The molecule has 0 spiro atoms. The first-order chi connectivity index (χ1) is 9.10. The lowest BCUT2D eigenvalue weighted by Crippen LogP contribution is -2.26. The van der Waals surface area contributed by atoms with Gasteiger partial charge in [0, 0.05) is 20.3 Å². The highest BCUT2D eigenvalue weighted by molar-refractivity contribution is 9.10. The Morgan fingerprint density at radius 1 is 1.63 bits per heavy atom. The molecule has 0 aliphatic rings. The number of aliphatic hydroxyl groups is 1. The minimum Gasteiger partial charge on any atom is -0.396 e. The van der Waals surface area contributed by atoms with Gasteiger partial charge in [0.2, 0.25) is 0 Å². The van der Waals surface area contributed by atoms with Gasteiger partial charge in [0.25, 0.3) is 5.56 Å². The first kappa shape index (κ1) is 16.1. The van der Waals surface area contributed by atoms with Crippen LogP contribution in [-0.4, -0.2) is 41.8 Å². The Morgan fingerprint density at radius 2 is 2.37 bits per heavy atom. The number of hydrogen-bond acceptors (Lipinski definition) is 5. The van der Waals surface area contributed by atoms with Gasteiger partial charge in [-0.2, -0.15) is 5.10 Å². The highest BCUT2D eigenvalue weighted by Gasteiger charge is 2.09. The second-order valence-corrected chi connectivity index (χ2v) is 5.18. The Balaban J connectivity index is 2.71. The average Bonchev–Trinajstić information content (AvgIpc) is 2.40. The monoisotopic (exact) mass is 333 g/mol. The second-order valence-electron chi connectivity index (χ2n) is 4.39. The van der Waals surface area contributed by atoms with Crippen LogP contribution in [-0.2, 0) is 11.3 Å². The molecule has 1 atom stereocenters. The Kier molecular flexibility index (Phi) is 7.04. The van der Waals surface area contributed by atoms with Crippen LogP contribution in [0, 0.1) is 5.92 Å². The fraction of sp³-hybridized carbons (Fsp3) is 0.667. The smallest absolute Gasteiger partial charge is 0.283 e.